The number of aromatic nitrogens is 3. The van der Waals surface area contributed by atoms with E-state index in [-0.39, 0.29) is 35.8 Å². The van der Waals surface area contributed by atoms with Crippen molar-refractivity contribution in [1.82, 2.24) is 24.6 Å². The Bertz CT molecular complexity index is 1990. The number of nitrogens with one attached hydrogen (secondary N) is 2. The maximum absolute atomic E-state index is 16.0. The Morgan fingerprint density at radius 2 is 1.96 bits per heavy atom. The SMILES string of the molecule is CC1(C#N)CC(NS(=O)C(C)(C)C)(c2ncc(-c3ccc4nc5n(c4c3)[C@@H]3C[C@H]5NC(=O)c4cccc(OC(F)F)c43)cc2F)C1. The molecular weight excluding hydrogens is 617 g/mol. The van der Waals surface area contributed by atoms with E-state index in [1.54, 1.807) is 31.3 Å². The number of alkyl halides is 2. The molecule has 1 unspecified atom stereocenters. The van der Waals surface area contributed by atoms with Gasteiger partial charge in [0.1, 0.15) is 17.4 Å². The van der Waals surface area contributed by atoms with Gasteiger partial charge in [0.2, 0.25) is 0 Å². The Morgan fingerprint density at radius 3 is 2.63 bits per heavy atom. The van der Waals surface area contributed by atoms with E-state index >= 15 is 4.39 Å². The lowest BCUT2D eigenvalue weighted by Crippen LogP contribution is -2.59. The van der Waals surface area contributed by atoms with Crippen molar-refractivity contribution in [3.63, 3.8) is 0 Å². The molecule has 46 heavy (non-hydrogen) atoms. The number of nitriles is 1. The molecule has 13 heteroatoms. The van der Waals surface area contributed by atoms with E-state index in [9.17, 15) is 23.0 Å². The largest absolute Gasteiger partial charge is 0.434 e. The maximum atomic E-state index is 16.0. The van der Waals surface area contributed by atoms with Crippen LogP contribution in [0, 0.1) is 22.6 Å². The van der Waals surface area contributed by atoms with Crippen molar-refractivity contribution in [2.24, 2.45) is 5.41 Å². The molecule has 1 aliphatic carbocycles. The van der Waals surface area contributed by atoms with Gasteiger partial charge < -0.3 is 14.6 Å². The molecule has 2 aromatic carbocycles. The number of amides is 1. The van der Waals surface area contributed by atoms with E-state index in [1.165, 1.54) is 18.2 Å². The molecule has 4 heterocycles. The lowest BCUT2D eigenvalue weighted by atomic mass is 9.58. The first-order valence-electron chi connectivity index (χ1n) is 14.9. The first-order valence-corrected chi connectivity index (χ1v) is 16.0. The van der Waals surface area contributed by atoms with Gasteiger partial charge in [-0.05, 0) is 82.9 Å². The second-order valence-electron chi connectivity index (χ2n) is 13.6. The van der Waals surface area contributed by atoms with Gasteiger partial charge in [0.25, 0.3) is 5.91 Å². The molecule has 238 valence electrons. The third kappa shape index (κ3) is 4.77. The van der Waals surface area contributed by atoms with Crippen LogP contribution in [0.25, 0.3) is 22.2 Å². The highest BCUT2D eigenvalue weighted by molar-refractivity contribution is 7.84. The Hall–Kier alpha value is -4.28. The van der Waals surface area contributed by atoms with Crippen molar-refractivity contribution >= 4 is 27.9 Å². The van der Waals surface area contributed by atoms with Crippen molar-refractivity contribution in [3.05, 3.63) is 77.1 Å². The molecule has 2 aromatic heterocycles. The fourth-order valence-electron chi connectivity index (χ4n) is 7.12. The van der Waals surface area contributed by atoms with E-state index in [1.807, 2.05) is 31.4 Å². The van der Waals surface area contributed by atoms with Gasteiger partial charge in [-0.2, -0.15) is 14.0 Å². The molecule has 1 fully saturated rings. The highest BCUT2D eigenvalue weighted by atomic mass is 32.2. The Balaban J connectivity index is 1.29. The Morgan fingerprint density at radius 1 is 1.20 bits per heavy atom. The van der Waals surface area contributed by atoms with Gasteiger partial charge in [0, 0.05) is 22.9 Å². The first kappa shape index (κ1) is 30.4. The van der Waals surface area contributed by atoms with Crippen LogP contribution in [-0.4, -0.2) is 36.0 Å². The smallest absolute Gasteiger partial charge is 0.387 e. The zero-order chi connectivity index (χ0) is 32.8. The number of pyridine rings is 1. The summed E-state index contributed by atoms with van der Waals surface area (Å²) in [7, 11) is -1.53. The number of fused-ring (bicyclic) bond motifs is 9. The summed E-state index contributed by atoms with van der Waals surface area (Å²) in [4.78, 5) is 22.3. The monoisotopic (exact) mass is 648 g/mol. The van der Waals surface area contributed by atoms with Gasteiger partial charge in [-0.1, -0.05) is 12.1 Å². The molecule has 2 N–H and O–H groups in total. The molecule has 0 saturated heterocycles. The molecule has 4 aromatic rings. The quantitative estimate of drug-likeness (QED) is 0.257. The number of carbonyl (C=O) groups excluding carboxylic acids is 1. The van der Waals surface area contributed by atoms with E-state index in [0.717, 1.165) is 0 Å². The minimum absolute atomic E-state index is 0.0700. The number of nitrogens with zero attached hydrogens (tertiary/aromatic N) is 4. The van der Waals surface area contributed by atoms with Crippen molar-refractivity contribution in [1.29, 1.82) is 5.26 Å². The lowest BCUT2D eigenvalue weighted by Gasteiger charge is -2.51. The highest BCUT2D eigenvalue weighted by Gasteiger charge is 2.57. The van der Waals surface area contributed by atoms with Gasteiger partial charge in [0.05, 0.1) is 61.6 Å². The summed E-state index contributed by atoms with van der Waals surface area (Å²) in [5, 5.41) is 12.6. The predicted molar refractivity (Wildman–Crippen MR) is 165 cm³/mol. The van der Waals surface area contributed by atoms with Crippen molar-refractivity contribution in [3.8, 4) is 22.9 Å². The third-order valence-corrected chi connectivity index (χ3v) is 10.8. The van der Waals surface area contributed by atoms with Crippen LogP contribution in [-0.2, 0) is 16.5 Å². The number of hydrogen-bond donors (Lipinski definition) is 2. The summed E-state index contributed by atoms with van der Waals surface area (Å²) < 4.78 is 65.1. The van der Waals surface area contributed by atoms with Crippen LogP contribution >= 0.6 is 0 Å². The maximum Gasteiger partial charge on any atom is 0.387 e. The average molecular weight is 649 g/mol. The molecule has 0 radical (unpaired) electrons. The number of benzene rings is 2. The zero-order valence-corrected chi connectivity index (χ0v) is 26.3. The van der Waals surface area contributed by atoms with Crippen LogP contribution in [0.5, 0.6) is 5.75 Å². The number of ether oxygens (including phenoxy) is 1. The minimum Gasteiger partial charge on any atom is -0.434 e. The molecule has 9 nitrogen and oxygen atoms in total. The van der Waals surface area contributed by atoms with E-state index < -0.39 is 51.2 Å². The molecule has 0 spiro atoms. The molecular formula is C33H31F3N6O3S. The normalized spacial score (nSPS) is 25.7. The molecule has 3 atom stereocenters. The second-order valence-corrected chi connectivity index (χ2v) is 15.5. The number of rotatable bonds is 6. The van der Waals surface area contributed by atoms with Crippen molar-refractivity contribution < 1.29 is 26.9 Å². The standard InChI is InChI=1S/C33H31F3N6O3S/c1-31(2,3)46(44)41-33(14-32(4,15-33)16-37)27-20(34)10-18(13-38-27)17-8-9-21-23(11-17)42-24-12-22(28(42)39-21)40-29(43)19-6-5-7-25(26(19)24)45-30(35)36/h5-11,13,22,24,30,41H,12,14-15H2,1-4H3,(H,40,43)/t22-,24-,32?,33?,46?/m1/s1. The van der Waals surface area contributed by atoms with Crippen LogP contribution < -0.4 is 14.8 Å². The van der Waals surface area contributed by atoms with Crippen LogP contribution in [0.1, 0.15) is 86.5 Å². The van der Waals surface area contributed by atoms with Crippen LogP contribution in [0.4, 0.5) is 13.2 Å². The number of halogens is 3. The Labute approximate surface area is 265 Å². The van der Waals surface area contributed by atoms with Crippen LogP contribution in [0.3, 0.4) is 0 Å². The molecule has 7 rings (SSSR count). The predicted octanol–water partition coefficient (Wildman–Crippen LogP) is 6.19. The second kappa shape index (κ2) is 10.4. The fourth-order valence-corrected chi connectivity index (χ4v) is 8.02. The van der Waals surface area contributed by atoms with Crippen molar-refractivity contribution in [2.75, 3.05) is 0 Å². The zero-order valence-electron chi connectivity index (χ0n) is 25.5. The number of carbonyl (C=O) groups is 1. The van der Waals surface area contributed by atoms with Gasteiger partial charge in [-0.3, -0.25) is 9.78 Å². The Kier molecular flexibility index (Phi) is 6.85. The summed E-state index contributed by atoms with van der Waals surface area (Å²) in [5.74, 6) is -0.456. The van der Waals surface area contributed by atoms with Crippen LogP contribution in [0.15, 0.2) is 48.7 Å². The third-order valence-electron chi connectivity index (χ3n) is 9.09. The lowest BCUT2D eigenvalue weighted by molar-refractivity contribution is -0.0507. The van der Waals surface area contributed by atoms with Crippen molar-refractivity contribution in [2.45, 2.75) is 75.9 Å². The van der Waals surface area contributed by atoms with E-state index in [2.05, 4.69) is 21.1 Å². The van der Waals surface area contributed by atoms with Gasteiger partial charge in [-0.15, -0.1) is 0 Å². The summed E-state index contributed by atoms with van der Waals surface area (Å²) in [6, 6.07) is 12.7. The number of imidazole rings is 1. The van der Waals surface area contributed by atoms with Gasteiger partial charge >= 0.3 is 6.61 Å². The molecule has 2 bridgehead atoms. The molecule has 1 saturated carbocycles. The first-order chi connectivity index (χ1) is 21.7. The van der Waals surface area contributed by atoms with Crippen LogP contribution in [0.2, 0.25) is 0 Å². The minimum atomic E-state index is -3.07. The summed E-state index contributed by atoms with van der Waals surface area (Å²) in [5.41, 5.74) is 1.40. The summed E-state index contributed by atoms with van der Waals surface area (Å²) >= 11 is 0. The van der Waals surface area contributed by atoms with E-state index in [4.69, 9.17) is 9.72 Å². The average Bonchev–Trinajstić information content (AvgIpc) is 3.47. The number of hydrogen-bond acceptors (Lipinski definition) is 6. The highest BCUT2D eigenvalue weighted by Crippen LogP contribution is 2.54. The molecule has 2 aliphatic heterocycles. The van der Waals surface area contributed by atoms with Gasteiger partial charge in [-0.25, -0.2) is 18.3 Å². The molecule has 3 aliphatic rings. The van der Waals surface area contributed by atoms with E-state index in [0.29, 0.717) is 40.0 Å². The fraction of sp³-hybridized carbons (Fsp3) is 0.394. The summed E-state index contributed by atoms with van der Waals surface area (Å²) in [6.45, 7) is 4.18. The topological polar surface area (TPSA) is 122 Å². The van der Waals surface area contributed by atoms with Gasteiger partial charge in [0.15, 0.2) is 0 Å². The molecule has 1 amide bonds. The summed E-state index contributed by atoms with van der Waals surface area (Å²) in [6.07, 6.45) is 2.48.